The van der Waals surface area contributed by atoms with Gasteiger partial charge in [0.25, 0.3) is 0 Å². The standard InChI is InChI=1S/C16H17NO4/c1-9-4-6-12-13-7-5-11(21-10(2)18)8-16(13,14(12)17-9)15(19)20-3/h4-7,11,13H,8H2,1-3H3/t11-,13+,16-/m1/s1. The Kier molecular flexibility index (Phi) is 3.08. The molecule has 0 saturated heterocycles. The average molecular weight is 287 g/mol. The largest absolute Gasteiger partial charge is 0.468 e. The van der Waals surface area contributed by atoms with Crippen molar-refractivity contribution in [2.45, 2.75) is 37.7 Å². The van der Waals surface area contributed by atoms with Gasteiger partial charge in [0, 0.05) is 25.0 Å². The molecule has 2 aliphatic carbocycles. The lowest BCUT2D eigenvalue weighted by atomic mass is 9.54. The van der Waals surface area contributed by atoms with Gasteiger partial charge in [0.15, 0.2) is 0 Å². The van der Waals surface area contributed by atoms with Gasteiger partial charge >= 0.3 is 11.9 Å². The number of methoxy groups -OCH3 is 1. The number of aryl methyl sites for hydroxylation is 1. The van der Waals surface area contributed by atoms with E-state index >= 15 is 0 Å². The summed E-state index contributed by atoms with van der Waals surface area (Å²) in [6, 6.07) is 3.94. The molecule has 1 aromatic rings. The number of aromatic nitrogens is 1. The van der Waals surface area contributed by atoms with E-state index in [9.17, 15) is 9.59 Å². The molecule has 5 heteroatoms. The van der Waals surface area contributed by atoms with Crippen LogP contribution in [0.2, 0.25) is 0 Å². The number of allylic oxidation sites excluding steroid dienone is 1. The van der Waals surface area contributed by atoms with Crippen molar-refractivity contribution in [3.8, 4) is 0 Å². The fourth-order valence-corrected chi connectivity index (χ4v) is 3.41. The highest BCUT2D eigenvalue weighted by Gasteiger charge is 2.61. The van der Waals surface area contributed by atoms with Crippen LogP contribution in [0, 0.1) is 6.92 Å². The molecule has 3 atom stereocenters. The summed E-state index contributed by atoms with van der Waals surface area (Å²) in [7, 11) is 1.38. The molecule has 0 spiro atoms. The first-order valence-electron chi connectivity index (χ1n) is 6.91. The van der Waals surface area contributed by atoms with Gasteiger partial charge < -0.3 is 9.47 Å². The molecule has 1 aromatic heterocycles. The molecule has 0 amide bonds. The van der Waals surface area contributed by atoms with Gasteiger partial charge in [0.2, 0.25) is 0 Å². The molecule has 0 aromatic carbocycles. The van der Waals surface area contributed by atoms with E-state index in [1.165, 1.54) is 14.0 Å². The summed E-state index contributed by atoms with van der Waals surface area (Å²) in [4.78, 5) is 28.1. The second-order valence-corrected chi connectivity index (χ2v) is 5.57. The molecule has 2 aliphatic rings. The molecular formula is C16H17NO4. The highest BCUT2D eigenvalue weighted by molar-refractivity contribution is 5.89. The highest BCUT2D eigenvalue weighted by atomic mass is 16.5. The first kappa shape index (κ1) is 13.8. The number of nitrogens with zero attached hydrogens (tertiary/aromatic N) is 1. The Bertz CT molecular complexity index is 652. The van der Waals surface area contributed by atoms with Gasteiger partial charge in [-0.2, -0.15) is 0 Å². The van der Waals surface area contributed by atoms with Gasteiger partial charge in [0.1, 0.15) is 11.5 Å². The highest BCUT2D eigenvalue weighted by Crippen LogP contribution is 2.57. The van der Waals surface area contributed by atoms with Crippen molar-refractivity contribution < 1.29 is 19.1 Å². The molecule has 3 rings (SSSR count). The quantitative estimate of drug-likeness (QED) is 0.613. The van der Waals surface area contributed by atoms with Crippen LogP contribution in [0.1, 0.15) is 36.2 Å². The lowest BCUT2D eigenvalue weighted by Gasteiger charge is -2.49. The number of ether oxygens (including phenoxy) is 2. The molecule has 0 N–H and O–H groups in total. The van der Waals surface area contributed by atoms with Gasteiger partial charge in [-0.3, -0.25) is 14.6 Å². The topological polar surface area (TPSA) is 65.5 Å². The molecule has 0 radical (unpaired) electrons. The molecule has 0 unspecified atom stereocenters. The van der Waals surface area contributed by atoms with Crippen LogP contribution >= 0.6 is 0 Å². The van der Waals surface area contributed by atoms with Crippen molar-refractivity contribution in [2.24, 2.45) is 0 Å². The van der Waals surface area contributed by atoms with Gasteiger partial charge in [-0.1, -0.05) is 12.1 Å². The van der Waals surface area contributed by atoms with Crippen molar-refractivity contribution >= 4 is 11.9 Å². The van der Waals surface area contributed by atoms with Crippen molar-refractivity contribution in [3.05, 3.63) is 41.2 Å². The van der Waals surface area contributed by atoms with Crippen LogP contribution in [-0.2, 0) is 24.5 Å². The molecule has 21 heavy (non-hydrogen) atoms. The van der Waals surface area contributed by atoms with Gasteiger partial charge in [0.05, 0.1) is 12.8 Å². The molecule has 0 saturated carbocycles. The van der Waals surface area contributed by atoms with Crippen LogP contribution < -0.4 is 0 Å². The summed E-state index contributed by atoms with van der Waals surface area (Å²) in [5.74, 6) is -0.737. The fourth-order valence-electron chi connectivity index (χ4n) is 3.41. The fraction of sp³-hybridized carbons (Fsp3) is 0.438. The molecule has 110 valence electrons. The Hall–Kier alpha value is -2.17. The van der Waals surface area contributed by atoms with Gasteiger partial charge in [-0.25, -0.2) is 0 Å². The number of pyridine rings is 1. The molecule has 0 fully saturated rings. The molecule has 1 heterocycles. The first-order valence-corrected chi connectivity index (χ1v) is 6.91. The smallest absolute Gasteiger partial charge is 0.319 e. The van der Waals surface area contributed by atoms with E-state index in [1.807, 2.05) is 31.2 Å². The summed E-state index contributed by atoms with van der Waals surface area (Å²) < 4.78 is 10.3. The number of carbonyl (C=O) groups is 2. The van der Waals surface area contributed by atoms with Crippen molar-refractivity contribution in [1.82, 2.24) is 4.98 Å². The second kappa shape index (κ2) is 4.69. The number of esters is 2. The molecule has 5 nitrogen and oxygen atoms in total. The van der Waals surface area contributed by atoms with E-state index in [1.54, 1.807) is 0 Å². The number of fused-ring (bicyclic) bond motifs is 4. The van der Waals surface area contributed by atoms with Crippen LogP contribution in [0.25, 0.3) is 0 Å². The van der Waals surface area contributed by atoms with Gasteiger partial charge in [-0.05, 0) is 24.6 Å². The van der Waals surface area contributed by atoms with Crippen molar-refractivity contribution in [1.29, 1.82) is 0 Å². The summed E-state index contributed by atoms with van der Waals surface area (Å²) in [5.41, 5.74) is 1.82. The second-order valence-electron chi connectivity index (χ2n) is 5.57. The Morgan fingerprint density at radius 3 is 2.76 bits per heavy atom. The van der Waals surface area contributed by atoms with Crippen LogP contribution in [0.4, 0.5) is 0 Å². The Labute approximate surface area is 123 Å². The number of hydrogen-bond donors (Lipinski definition) is 0. The number of rotatable bonds is 2. The third-order valence-electron chi connectivity index (χ3n) is 4.26. The third kappa shape index (κ3) is 1.87. The lowest BCUT2D eigenvalue weighted by Crippen LogP contribution is -2.54. The zero-order chi connectivity index (χ0) is 15.2. The summed E-state index contributed by atoms with van der Waals surface area (Å²) >= 11 is 0. The van der Waals surface area contributed by atoms with E-state index in [-0.39, 0.29) is 17.9 Å². The van der Waals surface area contributed by atoms with E-state index in [4.69, 9.17) is 9.47 Å². The number of carbonyl (C=O) groups excluding carboxylic acids is 2. The molecule has 0 bridgehead atoms. The zero-order valence-corrected chi connectivity index (χ0v) is 12.3. The SMILES string of the molecule is COC(=O)[C@]12C[C@H](OC(C)=O)C=C[C@H]1c1ccc(C)nc12. The Morgan fingerprint density at radius 1 is 1.33 bits per heavy atom. The predicted molar refractivity (Wildman–Crippen MR) is 74.7 cm³/mol. The van der Waals surface area contributed by atoms with Crippen LogP contribution in [0.5, 0.6) is 0 Å². The maximum atomic E-state index is 12.4. The van der Waals surface area contributed by atoms with Crippen LogP contribution in [0.15, 0.2) is 24.3 Å². The molecule has 0 aliphatic heterocycles. The zero-order valence-electron chi connectivity index (χ0n) is 12.3. The Balaban J connectivity index is 2.05. The van der Waals surface area contributed by atoms with Gasteiger partial charge in [-0.15, -0.1) is 0 Å². The maximum Gasteiger partial charge on any atom is 0.319 e. The van der Waals surface area contributed by atoms with Crippen molar-refractivity contribution in [3.63, 3.8) is 0 Å². The molecular weight excluding hydrogens is 270 g/mol. The summed E-state index contributed by atoms with van der Waals surface area (Å²) in [6.45, 7) is 3.25. The summed E-state index contributed by atoms with van der Waals surface area (Å²) in [5, 5.41) is 0. The maximum absolute atomic E-state index is 12.4. The summed E-state index contributed by atoms with van der Waals surface area (Å²) in [6.07, 6.45) is 3.72. The van der Waals surface area contributed by atoms with Crippen molar-refractivity contribution in [2.75, 3.05) is 7.11 Å². The minimum Gasteiger partial charge on any atom is -0.468 e. The minimum absolute atomic E-state index is 0.0557. The monoisotopic (exact) mass is 287 g/mol. The lowest BCUT2D eigenvalue weighted by molar-refractivity contribution is -0.156. The average Bonchev–Trinajstić information content (AvgIpc) is 2.44. The minimum atomic E-state index is -0.828. The van der Waals surface area contributed by atoms with E-state index in [0.29, 0.717) is 6.42 Å². The predicted octanol–water partition coefficient (Wildman–Crippen LogP) is 1.79. The van der Waals surface area contributed by atoms with Crippen LogP contribution in [0.3, 0.4) is 0 Å². The van der Waals surface area contributed by atoms with E-state index in [2.05, 4.69) is 4.98 Å². The Morgan fingerprint density at radius 2 is 2.10 bits per heavy atom. The first-order chi connectivity index (χ1) is 9.99. The van der Waals surface area contributed by atoms with E-state index < -0.39 is 11.5 Å². The normalized spacial score (nSPS) is 28.9. The van der Waals surface area contributed by atoms with Crippen LogP contribution in [-0.4, -0.2) is 30.1 Å². The number of hydrogen-bond acceptors (Lipinski definition) is 5. The van der Waals surface area contributed by atoms with E-state index in [0.717, 1.165) is 17.0 Å². The third-order valence-corrected chi connectivity index (χ3v) is 4.26.